The van der Waals surface area contributed by atoms with Gasteiger partial charge in [0.25, 0.3) is 0 Å². The fraction of sp³-hybridized carbons (Fsp3) is 0.286. The average molecular weight is 321 g/mol. The number of aryl methyl sites for hydroxylation is 3. The number of carbonyl (C=O) groups excluding carboxylic acids is 1. The van der Waals surface area contributed by atoms with E-state index >= 15 is 0 Å². The Morgan fingerprint density at radius 2 is 1.75 bits per heavy atom. The van der Waals surface area contributed by atoms with Gasteiger partial charge in [0.2, 0.25) is 0 Å². The predicted molar refractivity (Wildman–Crippen MR) is 96.8 cm³/mol. The first kappa shape index (κ1) is 17.6. The number of ether oxygens (including phenoxy) is 1. The lowest BCUT2D eigenvalue weighted by molar-refractivity contribution is 0.140. The number of benzene rings is 2. The molecule has 0 aliphatic carbocycles. The topological polar surface area (TPSA) is 38.3 Å². The third kappa shape index (κ3) is 5.48. The van der Waals surface area contributed by atoms with E-state index in [9.17, 15) is 4.79 Å². The number of hydrogen-bond acceptors (Lipinski definition) is 2. The summed E-state index contributed by atoms with van der Waals surface area (Å²) >= 11 is 0. The molecule has 0 spiro atoms. The molecule has 3 heteroatoms. The minimum Gasteiger partial charge on any atom is -0.445 e. The van der Waals surface area contributed by atoms with E-state index in [4.69, 9.17) is 4.74 Å². The fourth-order valence-electron chi connectivity index (χ4n) is 2.25. The van der Waals surface area contributed by atoms with Crippen molar-refractivity contribution >= 4 is 6.09 Å². The average Bonchev–Trinajstić information content (AvgIpc) is 2.58. The number of hydrogen-bond donors (Lipinski definition) is 1. The molecule has 124 valence electrons. The number of alkyl carbamates (subject to hydrolysis) is 1. The van der Waals surface area contributed by atoms with E-state index in [-0.39, 0.29) is 6.61 Å². The Balaban J connectivity index is 1.73. The summed E-state index contributed by atoms with van der Waals surface area (Å²) in [4.78, 5) is 11.6. The summed E-state index contributed by atoms with van der Waals surface area (Å²) in [6.07, 6.45) is 0.176. The van der Waals surface area contributed by atoms with Gasteiger partial charge in [-0.15, -0.1) is 0 Å². The van der Waals surface area contributed by atoms with Crippen LogP contribution in [0, 0.1) is 32.6 Å². The second-order valence-corrected chi connectivity index (χ2v) is 5.79. The smallest absolute Gasteiger partial charge is 0.407 e. The Labute approximate surface area is 144 Å². The summed E-state index contributed by atoms with van der Waals surface area (Å²) in [6, 6.07) is 13.9. The molecule has 3 nitrogen and oxygen atoms in total. The number of carbonyl (C=O) groups is 1. The van der Waals surface area contributed by atoms with Crippen molar-refractivity contribution in [1.29, 1.82) is 0 Å². The summed E-state index contributed by atoms with van der Waals surface area (Å²) in [7, 11) is 0. The van der Waals surface area contributed by atoms with Crippen molar-refractivity contribution < 1.29 is 9.53 Å². The lowest BCUT2D eigenvalue weighted by atomic mass is 10.0. The summed E-state index contributed by atoms with van der Waals surface area (Å²) in [5.41, 5.74) is 5.72. The molecule has 0 radical (unpaired) electrons. The molecule has 0 unspecified atom stereocenters. The molecule has 0 saturated carbocycles. The molecule has 0 aliphatic heterocycles. The molecule has 0 atom stereocenters. The largest absolute Gasteiger partial charge is 0.445 e. The van der Waals surface area contributed by atoms with E-state index in [1.807, 2.05) is 30.3 Å². The highest BCUT2D eigenvalue weighted by atomic mass is 16.5. The molecular formula is C21H23NO2. The monoisotopic (exact) mass is 321 g/mol. The van der Waals surface area contributed by atoms with Gasteiger partial charge in [-0.3, -0.25) is 0 Å². The fourth-order valence-corrected chi connectivity index (χ4v) is 2.25. The first-order valence-corrected chi connectivity index (χ1v) is 8.07. The van der Waals surface area contributed by atoms with Crippen LogP contribution in [-0.4, -0.2) is 12.6 Å². The molecule has 0 fully saturated rings. The SMILES string of the molecule is Cc1cc(C)c(C#CCCNC(=O)OCc2ccccc2)cc1C. The van der Waals surface area contributed by atoms with Gasteiger partial charge in [-0.25, -0.2) is 4.79 Å². The van der Waals surface area contributed by atoms with Crippen LogP contribution < -0.4 is 5.32 Å². The molecule has 0 bridgehead atoms. The molecule has 2 aromatic rings. The molecule has 24 heavy (non-hydrogen) atoms. The van der Waals surface area contributed by atoms with Gasteiger partial charge < -0.3 is 10.1 Å². The second-order valence-electron chi connectivity index (χ2n) is 5.79. The van der Waals surface area contributed by atoms with E-state index in [1.54, 1.807) is 0 Å². The predicted octanol–water partition coefficient (Wildman–Crippen LogP) is 4.28. The van der Waals surface area contributed by atoms with Gasteiger partial charge in [-0.05, 0) is 49.1 Å². The molecule has 0 heterocycles. The van der Waals surface area contributed by atoms with Crippen LogP contribution in [0.2, 0.25) is 0 Å². The highest BCUT2D eigenvalue weighted by Gasteiger charge is 2.01. The normalized spacial score (nSPS) is 9.79. The Kier molecular flexibility index (Phi) is 6.45. The van der Waals surface area contributed by atoms with Crippen LogP contribution >= 0.6 is 0 Å². The van der Waals surface area contributed by atoms with Crippen LogP contribution in [0.25, 0.3) is 0 Å². The third-order valence-corrected chi connectivity index (χ3v) is 3.80. The van der Waals surface area contributed by atoms with E-state index in [2.05, 4.69) is 50.1 Å². The van der Waals surface area contributed by atoms with Crippen molar-refractivity contribution in [3.8, 4) is 11.8 Å². The minimum absolute atomic E-state index is 0.278. The maximum Gasteiger partial charge on any atom is 0.407 e. The summed E-state index contributed by atoms with van der Waals surface area (Å²) in [6.45, 7) is 7.01. The molecule has 2 aromatic carbocycles. The van der Waals surface area contributed by atoms with Gasteiger partial charge >= 0.3 is 6.09 Å². The Hall–Kier alpha value is -2.73. The maximum absolute atomic E-state index is 11.6. The van der Waals surface area contributed by atoms with Crippen LogP contribution in [0.1, 0.15) is 34.2 Å². The lowest BCUT2D eigenvalue weighted by Gasteiger charge is -2.05. The first-order chi connectivity index (χ1) is 11.6. The Morgan fingerprint density at radius 3 is 2.50 bits per heavy atom. The highest BCUT2D eigenvalue weighted by Crippen LogP contribution is 2.14. The Morgan fingerprint density at radius 1 is 1.04 bits per heavy atom. The molecule has 0 aromatic heterocycles. The number of rotatable bonds is 4. The van der Waals surface area contributed by atoms with E-state index in [0.717, 1.165) is 11.1 Å². The Bertz CT molecular complexity index is 755. The van der Waals surface area contributed by atoms with Gasteiger partial charge in [-0.1, -0.05) is 48.2 Å². The van der Waals surface area contributed by atoms with Gasteiger partial charge in [-0.2, -0.15) is 0 Å². The zero-order chi connectivity index (χ0) is 17.4. The van der Waals surface area contributed by atoms with Gasteiger partial charge in [0.1, 0.15) is 6.61 Å². The number of amides is 1. The van der Waals surface area contributed by atoms with E-state index < -0.39 is 6.09 Å². The molecule has 1 amide bonds. The van der Waals surface area contributed by atoms with Crippen LogP contribution in [0.5, 0.6) is 0 Å². The van der Waals surface area contributed by atoms with Crippen LogP contribution in [0.15, 0.2) is 42.5 Å². The number of nitrogens with one attached hydrogen (secondary N) is 1. The lowest BCUT2D eigenvalue weighted by Crippen LogP contribution is -2.24. The van der Waals surface area contributed by atoms with Gasteiger partial charge in [0.15, 0.2) is 0 Å². The van der Waals surface area contributed by atoms with Crippen molar-refractivity contribution in [3.05, 3.63) is 70.3 Å². The molecule has 0 saturated heterocycles. The molecular weight excluding hydrogens is 298 g/mol. The highest BCUT2D eigenvalue weighted by molar-refractivity contribution is 5.67. The van der Waals surface area contributed by atoms with E-state index in [0.29, 0.717) is 13.0 Å². The van der Waals surface area contributed by atoms with Crippen molar-refractivity contribution in [3.63, 3.8) is 0 Å². The zero-order valence-corrected chi connectivity index (χ0v) is 14.5. The van der Waals surface area contributed by atoms with Crippen molar-refractivity contribution in [2.24, 2.45) is 0 Å². The molecule has 1 N–H and O–H groups in total. The van der Waals surface area contributed by atoms with Crippen LogP contribution in [0.3, 0.4) is 0 Å². The quantitative estimate of drug-likeness (QED) is 0.674. The summed E-state index contributed by atoms with van der Waals surface area (Å²) in [5.74, 6) is 6.27. The minimum atomic E-state index is -0.414. The first-order valence-electron chi connectivity index (χ1n) is 8.07. The van der Waals surface area contributed by atoms with Crippen molar-refractivity contribution in [2.75, 3.05) is 6.54 Å². The summed E-state index contributed by atoms with van der Waals surface area (Å²) in [5, 5.41) is 2.71. The van der Waals surface area contributed by atoms with Crippen LogP contribution in [0.4, 0.5) is 4.79 Å². The van der Waals surface area contributed by atoms with E-state index in [1.165, 1.54) is 16.7 Å². The van der Waals surface area contributed by atoms with Crippen LogP contribution in [-0.2, 0) is 11.3 Å². The zero-order valence-electron chi connectivity index (χ0n) is 14.5. The standard InChI is InChI=1S/C21H23NO2/c1-16-13-18(3)20(14-17(16)2)11-7-8-12-22-21(23)24-15-19-9-5-4-6-10-19/h4-6,9-10,13-14H,8,12,15H2,1-3H3,(H,22,23). The summed E-state index contributed by atoms with van der Waals surface area (Å²) < 4.78 is 5.14. The third-order valence-electron chi connectivity index (χ3n) is 3.80. The van der Waals surface area contributed by atoms with Crippen molar-refractivity contribution in [2.45, 2.75) is 33.8 Å². The second kappa shape index (κ2) is 8.79. The van der Waals surface area contributed by atoms with Crippen molar-refractivity contribution in [1.82, 2.24) is 5.32 Å². The van der Waals surface area contributed by atoms with Gasteiger partial charge in [0, 0.05) is 18.5 Å². The van der Waals surface area contributed by atoms with Gasteiger partial charge in [0.05, 0.1) is 0 Å². The molecule has 0 aliphatic rings. The maximum atomic E-state index is 11.6. The molecule has 2 rings (SSSR count).